The van der Waals surface area contributed by atoms with Gasteiger partial charge in [-0.15, -0.1) is 0 Å². The third kappa shape index (κ3) is 3.48. The molecule has 4 nitrogen and oxygen atoms in total. The summed E-state index contributed by atoms with van der Waals surface area (Å²) >= 11 is 0. The Morgan fingerprint density at radius 1 is 1.08 bits per heavy atom. The highest BCUT2D eigenvalue weighted by molar-refractivity contribution is 5.96. The highest BCUT2D eigenvalue weighted by atomic mass is 16.2. The Bertz CT molecular complexity index is 710. The van der Waals surface area contributed by atoms with Gasteiger partial charge in [0.2, 0.25) is 11.8 Å². The van der Waals surface area contributed by atoms with Crippen LogP contribution in [0.3, 0.4) is 0 Å². The van der Waals surface area contributed by atoms with Crippen LogP contribution >= 0.6 is 0 Å². The number of para-hydroxylation sites is 1. The average molecular weight is 322 g/mol. The van der Waals surface area contributed by atoms with Gasteiger partial charge in [0, 0.05) is 30.9 Å². The Morgan fingerprint density at radius 3 is 2.38 bits per heavy atom. The second-order valence-corrected chi connectivity index (χ2v) is 5.97. The minimum atomic E-state index is 0.0775. The van der Waals surface area contributed by atoms with Gasteiger partial charge in [0.1, 0.15) is 0 Å². The molecule has 1 fully saturated rings. The van der Waals surface area contributed by atoms with E-state index in [1.807, 2.05) is 66.4 Å². The van der Waals surface area contributed by atoms with Gasteiger partial charge in [-0.05, 0) is 43.2 Å². The maximum absolute atomic E-state index is 12.6. The SMILES string of the molecule is CCN(C(=O)Cc1ccc(N2CCCC2=O)cc1)c1ccccc1. The molecular formula is C20H22N2O2. The number of rotatable bonds is 5. The van der Waals surface area contributed by atoms with Crippen molar-refractivity contribution in [2.45, 2.75) is 26.2 Å². The number of hydrogen-bond donors (Lipinski definition) is 0. The third-order valence-electron chi connectivity index (χ3n) is 4.36. The summed E-state index contributed by atoms with van der Waals surface area (Å²) in [4.78, 5) is 28.0. The number of anilines is 2. The molecule has 1 aliphatic rings. The van der Waals surface area contributed by atoms with E-state index >= 15 is 0 Å². The molecule has 0 radical (unpaired) electrons. The lowest BCUT2D eigenvalue weighted by atomic mass is 10.1. The van der Waals surface area contributed by atoms with Crippen LogP contribution in [-0.4, -0.2) is 24.9 Å². The average Bonchev–Trinajstić information content (AvgIpc) is 3.03. The first-order valence-electron chi connectivity index (χ1n) is 8.43. The van der Waals surface area contributed by atoms with E-state index in [2.05, 4.69) is 0 Å². The molecule has 2 amide bonds. The van der Waals surface area contributed by atoms with Crippen molar-refractivity contribution in [1.82, 2.24) is 0 Å². The van der Waals surface area contributed by atoms with Crippen molar-refractivity contribution in [3.8, 4) is 0 Å². The Balaban J connectivity index is 1.69. The highest BCUT2D eigenvalue weighted by Crippen LogP contribution is 2.22. The normalized spacial score (nSPS) is 14.0. The van der Waals surface area contributed by atoms with Crippen molar-refractivity contribution in [3.63, 3.8) is 0 Å². The number of nitrogens with zero attached hydrogens (tertiary/aromatic N) is 2. The van der Waals surface area contributed by atoms with Gasteiger partial charge in [0.05, 0.1) is 6.42 Å². The summed E-state index contributed by atoms with van der Waals surface area (Å²) < 4.78 is 0. The van der Waals surface area contributed by atoms with Crippen molar-refractivity contribution in [2.75, 3.05) is 22.9 Å². The first kappa shape index (κ1) is 16.2. The van der Waals surface area contributed by atoms with E-state index in [1.165, 1.54) is 0 Å². The lowest BCUT2D eigenvalue weighted by Crippen LogP contribution is -2.31. The standard InChI is InChI=1S/C20H22N2O2/c1-2-21(17-7-4-3-5-8-17)20(24)15-16-10-12-18(13-11-16)22-14-6-9-19(22)23/h3-5,7-8,10-13H,2,6,9,14-15H2,1H3. The Hall–Kier alpha value is -2.62. The fraction of sp³-hybridized carbons (Fsp3) is 0.300. The van der Waals surface area contributed by atoms with Crippen LogP contribution in [0, 0.1) is 0 Å². The number of carbonyl (C=O) groups excluding carboxylic acids is 2. The van der Waals surface area contributed by atoms with Crippen LogP contribution in [0.15, 0.2) is 54.6 Å². The topological polar surface area (TPSA) is 40.6 Å². The number of amides is 2. The van der Waals surface area contributed by atoms with Gasteiger partial charge in [-0.25, -0.2) is 0 Å². The van der Waals surface area contributed by atoms with Crippen molar-refractivity contribution in [3.05, 3.63) is 60.2 Å². The molecule has 0 aliphatic carbocycles. The number of hydrogen-bond acceptors (Lipinski definition) is 2. The fourth-order valence-corrected chi connectivity index (χ4v) is 3.10. The second kappa shape index (κ2) is 7.30. The summed E-state index contributed by atoms with van der Waals surface area (Å²) in [6.45, 7) is 3.41. The van der Waals surface area contributed by atoms with Gasteiger partial charge in [-0.3, -0.25) is 9.59 Å². The van der Waals surface area contributed by atoms with Crippen molar-refractivity contribution >= 4 is 23.2 Å². The molecule has 2 aromatic rings. The number of benzene rings is 2. The maximum Gasteiger partial charge on any atom is 0.231 e. The van der Waals surface area contributed by atoms with Gasteiger partial charge < -0.3 is 9.80 Å². The van der Waals surface area contributed by atoms with Crippen molar-refractivity contribution in [1.29, 1.82) is 0 Å². The Kier molecular flexibility index (Phi) is 4.94. The van der Waals surface area contributed by atoms with Crippen LogP contribution in [0.2, 0.25) is 0 Å². The lowest BCUT2D eigenvalue weighted by molar-refractivity contribution is -0.118. The number of carbonyl (C=O) groups is 2. The molecule has 4 heteroatoms. The van der Waals surface area contributed by atoms with E-state index in [-0.39, 0.29) is 11.8 Å². The number of likely N-dealkylation sites (N-methyl/N-ethyl adjacent to an activating group) is 1. The van der Waals surface area contributed by atoms with Crippen LogP contribution in [0.25, 0.3) is 0 Å². The van der Waals surface area contributed by atoms with Gasteiger partial charge in [-0.2, -0.15) is 0 Å². The van der Waals surface area contributed by atoms with Gasteiger partial charge in [0.25, 0.3) is 0 Å². The second-order valence-electron chi connectivity index (χ2n) is 5.97. The van der Waals surface area contributed by atoms with Gasteiger partial charge in [-0.1, -0.05) is 30.3 Å². The molecule has 1 saturated heterocycles. The molecule has 0 aromatic heterocycles. The van der Waals surface area contributed by atoms with Crippen molar-refractivity contribution in [2.24, 2.45) is 0 Å². The first-order valence-corrected chi connectivity index (χ1v) is 8.43. The van der Waals surface area contributed by atoms with Crippen LogP contribution < -0.4 is 9.80 Å². The molecule has 24 heavy (non-hydrogen) atoms. The predicted octanol–water partition coefficient (Wildman–Crippen LogP) is 3.41. The molecule has 0 spiro atoms. The van der Waals surface area contributed by atoms with E-state index in [4.69, 9.17) is 0 Å². The molecular weight excluding hydrogens is 300 g/mol. The lowest BCUT2D eigenvalue weighted by Gasteiger charge is -2.21. The van der Waals surface area contributed by atoms with E-state index in [0.29, 0.717) is 19.4 Å². The predicted molar refractivity (Wildman–Crippen MR) is 96.2 cm³/mol. The molecule has 0 saturated carbocycles. The molecule has 0 N–H and O–H groups in total. The monoisotopic (exact) mass is 322 g/mol. The van der Waals surface area contributed by atoms with Crippen LogP contribution in [0.4, 0.5) is 11.4 Å². The summed E-state index contributed by atoms with van der Waals surface area (Å²) in [6.07, 6.45) is 1.90. The molecule has 0 atom stereocenters. The molecule has 2 aromatic carbocycles. The van der Waals surface area contributed by atoms with E-state index in [1.54, 1.807) is 4.90 Å². The summed E-state index contributed by atoms with van der Waals surface area (Å²) in [5.74, 6) is 0.258. The fourth-order valence-electron chi connectivity index (χ4n) is 3.10. The highest BCUT2D eigenvalue weighted by Gasteiger charge is 2.21. The van der Waals surface area contributed by atoms with Crippen LogP contribution in [-0.2, 0) is 16.0 Å². The smallest absolute Gasteiger partial charge is 0.231 e. The molecule has 0 bridgehead atoms. The minimum Gasteiger partial charge on any atom is -0.312 e. The summed E-state index contributed by atoms with van der Waals surface area (Å²) in [5, 5.41) is 0. The zero-order valence-electron chi connectivity index (χ0n) is 13.9. The third-order valence-corrected chi connectivity index (χ3v) is 4.36. The van der Waals surface area contributed by atoms with E-state index in [0.717, 1.165) is 29.9 Å². The molecule has 3 rings (SSSR count). The minimum absolute atomic E-state index is 0.0775. The zero-order valence-corrected chi connectivity index (χ0v) is 13.9. The summed E-state index contributed by atoms with van der Waals surface area (Å²) in [5.41, 5.74) is 2.80. The molecule has 124 valence electrons. The van der Waals surface area contributed by atoms with Crippen LogP contribution in [0.1, 0.15) is 25.3 Å². The molecule has 1 aliphatic heterocycles. The van der Waals surface area contributed by atoms with Crippen molar-refractivity contribution < 1.29 is 9.59 Å². The summed E-state index contributed by atoms with van der Waals surface area (Å²) in [7, 11) is 0. The summed E-state index contributed by atoms with van der Waals surface area (Å²) in [6, 6.07) is 17.5. The maximum atomic E-state index is 12.6. The first-order chi connectivity index (χ1) is 11.7. The molecule has 0 unspecified atom stereocenters. The van der Waals surface area contributed by atoms with Gasteiger partial charge >= 0.3 is 0 Å². The van der Waals surface area contributed by atoms with Gasteiger partial charge in [0.15, 0.2) is 0 Å². The quantitative estimate of drug-likeness (QED) is 0.846. The largest absolute Gasteiger partial charge is 0.312 e. The van der Waals surface area contributed by atoms with E-state index < -0.39 is 0 Å². The Morgan fingerprint density at radius 2 is 1.79 bits per heavy atom. The Labute approximate surface area is 142 Å². The zero-order chi connectivity index (χ0) is 16.9. The van der Waals surface area contributed by atoms with E-state index in [9.17, 15) is 9.59 Å². The van der Waals surface area contributed by atoms with Crippen LogP contribution in [0.5, 0.6) is 0 Å². The molecule has 1 heterocycles.